The van der Waals surface area contributed by atoms with Gasteiger partial charge in [0, 0.05) is 53.7 Å². The minimum Gasteiger partial charge on any atom is -0.318 e. The molecular formula is C23H26FN3O3S2. The van der Waals surface area contributed by atoms with Gasteiger partial charge in [0.25, 0.3) is 10.0 Å². The van der Waals surface area contributed by atoms with Crippen LogP contribution < -0.4 is 0 Å². The number of piperazine rings is 1. The van der Waals surface area contributed by atoms with E-state index in [1.807, 2.05) is 42.4 Å². The predicted octanol–water partition coefficient (Wildman–Crippen LogP) is 3.79. The molecule has 0 amide bonds. The first kappa shape index (κ1) is 22.8. The first-order valence-corrected chi connectivity index (χ1v) is 12.7. The number of rotatable bonds is 6. The second-order valence-corrected chi connectivity index (χ2v) is 11.5. The van der Waals surface area contributed by atoms with Crippen LogP contribution in [0, 0.1) is 26.6 Å². The third-order valence-corrected chi connectivity index (χ3v) is 9.19. The molecular weight excluding hydrogens is 449 g/mol. The van der Waals surface area contributed by atoms with Gasteiger partial charge in [0.05, 0.1) is 6.54 Å². The SMILES string of the molecule is Cc1ccc(S(=O)(=O)N2CCN(CC(=O)c3cc(C)n(-c4ccc(F)cc4)c3C)CC2)s1. The highest BCUT2D eigenvalue weighted by Crippen LogP contribution is 2.26. The fourth-order valence-corrected chi connectivity index (χ4v) is 6.99. The normalized spacial score (nSPS) is 15.9. The molecule has 4 rings (SSSR count). The maximum absolute atomic E-state index is 13.3. The van der Waals surface area contributed by atoms with Gasteiger partial charge in [0.15, 0.2) is 5.78 Å². The maximum atomic E-state index is 13.3. The van der Waals surface area contributed by atoms with E-state index in [4.69, 9.17) is 0 Å². The number of Topliss-reactive ketones (excluding diaryl/α,β-unsaturated/α-hetero) is 1. The van der Waals surface area contributed by atoms with Crippen molar-refractivity contribution < 1.29 is 17.6 Å². The summed E-state index contributed by atoms with van der Waals surface area (Å²) in [5.74, 6) is -0.306. The van der Waals surface area contributed by atoms with Crippen molar-refractivity contribution in [3.8, 4) is 5.69 Å². The molecule has 0 aliphatic carbocycles. The molecule has 0 bridgehead atoms. The number of aromatic nitrogens is 1. The molecule has 0 spiro atoms. The molecule has 3 heterocycles. The molecule has 0 atom stereocenters. The molecule has 0 unspecified atom stereocenters. The molecule has 1 fully saturated rings. The Bertz CT molecular complexity index is 1240. The van der Waals surface area contributed by atoms with E-state index in [1.165, 1.54) is 27.8 Å². The van der Waals surface area contributed by atoms with Crippen molar-refractivity contribution in [2.45, 2.75) is 25.0 Å². The lowest BCUT2D eigenvalue weighted by Crippen LogP contribution is -2.49. The Morgan fingerprint density at radius 3 is 2.25 bits per heavy atom. The zero-order valence-corrected chi connectivity index (χ0v) is 20.0. The number of ketones is 1. The fraction of sp³-hybridized carbons (Fsp3) is 0.348. The highest BCUT2D eigenvalue weighted by Gasteiger charge is 2.30. The van der Waals surface area contributed by atoms with E-state index in [2.05, 4.69) is 0 Å². The number of hydrogen-bond acceptors (Lipinski definition) is 5. The van der Waals surface area contributed by atoms with Crippen LogP contribution in [0.3, 0.4) is 0 Å². The summed E-state index contributed by atoms with van der Waals surface area (Å²) in [4.78, 5) is 16.0. The molecule has 170 valence electrons. The lowest BCUT2D eigenvalue weighted by atomic mass is 10.1. The highest BCUT2D eigenvalue weighted by molar-refractivity contribution is 7.91. The lowest BCUT2D eigenvalue weighted by Gasteiger charge is -2.33. The largest absolute Gasteiger partial charge is 0.318 e. The van der Waals surface area contributed by atoms with Crippen molar-refractivity contribution >= 4 is 27.1 Å². The van der Waals surface area contributed by atoms with Crippen LogP contribution in [0.25, 0.3) is 5.69 Å². The smallest absolute Gasteiger partial charge is 0.252 e. The number of hydrogen-bond donors (Lipinski definition) is 0. The van der Waals surface area contributed by atoms with Gasteiger partial charge in [-0.3, -0.25) is 9.69 Å². The first-order valence-electron chi connectivity index (χ1n) is 10.4. The molecule has 3 aromatic rings. The van der Waals surface area contributed by atoms with E-state index in [0.717, 1.165) is 22.0 Å². The van der Waals surface area contributed by atoms with Crippen LogP contribution in [0.2, 0.25) is 0 Å². The number of benzene rings is 1. The molecule has 6 nitrogen and oxygen atoms in total. The summed E-state index contributed by atoms with van der Waals surface area (Å²) >= 11 is 1.28. The standard InChI is InChI=1S/C23H26FN3O3S2/c1-16-14-21(18(3)27(16)20-7-5-19(24)6-8-20)22(28)15-25-10-12-26(13-11-25)32(29,30)23-9-4-17(2)31-23/h4-9,14H,10-13,15H2,1-3H3. The highest BCUT2D eigenvalue weighted by atomic mass is 32.2. The molecule has 1 aliphatic rings. The molecule has 2 aromatic heterocycles. The number of carbonyl (C=O) groups excluding carboxylic acids is 1. The van der Waals surface area contributed by atoms with Crippen molar-refractivity contribution in [1.82, 2.24) is 13.8 Å². The summed E-state index contributed by atoms with van der Waals surface area (Å²) in [5, 5.41) is 0. The van der Waals surface area contributed by atoms with Gasteiger partial charge in [-0.1, -0.05) is 0 Å². The van der Waals surface area contributed by atoms with Crippen LogP contribution in [0.1, 0.15) is 26.6 Å². The number of aryl methyl sites for hydroxylation is 2. The molecule has 0 saturated carbocycles. The number of carbonyl (C=O) groups is 1. The average molecular weight is 476 g/mol. The zero-order valence-electron chi connectivity index (χ0n) is 18.3. The second-order valence-electron chi connectivity index (χ2n) is 8.07. The minimum absolute atomic E-state index is 0.00310. The molecule has 9 heteroatoms. The second kappa shape index (κ2) is 8.90. The van der Waals surface area contributed by atoms with Gasteiger partial charge in [-0.2, -0.15) is 4.31 Å². The van der Waals surface area contributed by atoms with Crippen LogP contribution in [0.15, 0.2) is 46.7 Å². The Kier molecular flexibility index (Phi) is 6.35. The van der Waals surface area contributed by atoms with Gasteiger partial charge in [-0.15, -0.1) is 11.3 Å². The monoisotopic (exact) mass is 475 g/mol. The molecule has 1 aromatic carbocycles. The van der Waals surface area contributed by atoms with Crippen molar-refractivity contribution in [3.63, 3.8) is 0 Å². The van der Waals surface area contributed by atoms with Gasteiger partial charge in [-0.25, -0.2) is 12.8 Å². The van der Waals surface area contributed by atoms with Crippen molar-refractivity contribution in [2.24, 2.45) is 0 Å². The van der Waals surface area contributed by atoms with Crippen LogP contribution in [-0.2, 0) is 10.0 Å². The number of thiophene rings is 1. The van der Waals surface area contributed by atoms with Gasteiger partial charge < -0.3 is 4.57 Å². The van der Waals surface area contributed by atoms with Crippen molar-refractivity contribution in [3.05, 3.63) is 70.1 Å². The number of nitrogens with zero attached hydrogens (tertiary/aromatic N) is 3. The first-order chi connectivity index (χ1) is 15.2. The van der Waals surface area contributed by atoms with Gasteiger partial charge in [0.2, 0.25) is 0 Å². The topological polar surface area (TPSA) is 62.6 Å². The molecule has 0 radical (unpaired) electrons. The molecule has 1 saturated heterocycles. The van der Waals surface area contributed by atoms with Gasteiger partial charge in [0.1, 0.15) is 10.0 Å². The number of sulfonamides is 1. The Morgan fingerprint density at radius 1 is 1.00 bits per heavy atom. The third-order valence-electron chi connectivity index (χ3n) is 5.82. The Morgan fingerprint density at radius 2 is 1.66 bits per heavy atom. The van der Waals surface area contributed by atoms with E-state index in [-0.39, 0.29) is 18.1 Å². The van der Waals surface area contributed by atoms with E-state index >= 15 is 0 Å². The van der Waals surface area contributed by atoms with Crippen LogP contribution in [0.4, 0.5) is 4.39 Å². The third kappa shape index (κ3) is 4.43. The average Bonchev–Trinajstić information content (AvgIpc) is 3.32. The van der Waals surface area contributed by atoms with Crippen molar-refractivity contribution in [2.75, 3.05) is 32.7 Å². The quantitative estimate of drug-likeness (QED) is 0.509. The molecule has 0 N–H and O–H groups in total. The Labute approximate surface area is 191 Å². The summed E-state index contributed by atoms with van der Waals surface area (Å²) in [7, 11) is -3.48. The summed E-state index contributed by atoms with van der Waals surface area (Å²) in [6.45, 7) is 7.67. The minimum atomic E-state index is -3.48. The van der Waals surface area contributed by atoms with Crippen LogP contribution >= 0.6 is 11.3 Å². The summed E-state index contributed by atoms with van der Waals surface area (Å²) < 4.78 is 42.7. The van der Waals surface area contributed by atoms with Gasteiger partial charge >= 0.3 is 0 Å². The fourth-order valence-electron chi connectivity index (χ4n) is 4.13. The van der Waals surface area contributed by atoms with Crippen LogP contribution in [-0.4, -0.2) is 60.7 Å². The maximum Gasteiger partial charge on any atom is 0.252 e. The molecule has 32 heavy (non-hydrogen) atoms. The van der Waals surface area contributed by atoms with E-state index in [0.29, 0.717) is 36.0 Å². The number of halogens is 1. The predicted molar refractivity (Wildman–Crippen MR) is 124 cm³/mol. The van der Waals surface area contributed by atoms with E-state index in [1.54, 1.807) is 18.2 Å². The van der Waals surface area contributed by atoms with Crippen LogP contribution in [0.5, 0.6) is 0 Å². The summed E-state index contributed by atoms with van der Waals surface area (Å²) in [5.41, 5.74) is 3.16. The zero-order chi connectivity index (χ0) is 23.0. The molecule has 1 aliphatic heterocycles. The Balaban J connectivity index is 1.42. The van der Waals surface area contributed by atoms with Crippen molar-refractivity contribution in [1.29, 1.82) is 0 Å². The van der Waals surface area contributed by atoms with E-state index in [9.17, 15) is 17.6 Å². The van der Waals surface area contributed by atoms with E-state index < -0.39 is 10.0 Å². The Hall–Kier alpha value is -2.33. The summed E-state index contributed by atoms with van der Waals surface area (Å²) in [6, 6.07) is 11.5. The lowest BCUT2D eigenvalue weighted by molar-refractivity contribution is 0.0901. The summed E-state index contributed by atoms with van der Waals surface area (Å²) in [6.07, 6.45) is 0. The van der Waals surface area contributed by atoms with Gasteiger partial charge in [-0.05, 0) is 63.2 Å².